The van der Waals surface area contributed by atoms with Crippen LogP contribution in [0.5, 0.6) is 11.5 Å². The molecule has 0 atom stereocenters. The first-order valence-corrected chi connectivity index (χ1v) is 7.03. The van der Waals surface area contributed by atoms with E-state index in [1.165, 1.54) is 0 Å². The monoisotopic (exact) mass is 312 g/mol. The molecule has 6 nitrogen and oxygen atoms in total. The molecule has 1 aromatic carbocycles. The van der Waals surface area contributed by atoms with Gasteiger partial charge >= 0.3 is 5.97 Å². The zero-order valence-corrected chi connectivity index (χ0v) is 12.8. The fraction of sp³-hybridized carbons (Fsp3) is 0.176. The van der Waals surface area contributed by atoms with E-state index in [2.05, 4.69) is 4.98 Å². The van der Waals surface area contributed by atoms with Crippen molar-refractivity contribution >= 4 is 11.6 Å². The molecule has 0 unspecified atom stereocenters. The minimum atomic E-state index is -0.987. The van der Waals surface area contributed by atoms with Gasteiger partial charge in [0.1, 0.15) is 5.56 Å². The van der Waals surface area contributed by atoms with E-state index in [0.29, 0.717) is 23.6 Å². The molecule has 3 aromatic rings. The van der Waals surface area contributed by atoms with Crippen LogP contribution in [0.15, 0.2) is 42.7 Å². The minimum absolute atomic E-state index is 0.186. The highest BCUT2D eigenvalue weighted by atomic mass is 16.5. The number of hydrogen-bond acceptors (Lipinski definition) is 4. The molecule has 2 aromatic heterocycles. The molecule has 0 radical (unpaired) electrons. The third kappa shape index (κ3) is 2.83. The summed E-state index contributed by atoms with van der Waals surface area (Å²) in [6.07, 6.45) is 4.19. The Morgan fingerprint density at radius 3 is 2.70 bits per heavy atom. The number of ether oxygens (including phenoxy) is 2. The number of carboxylic acid groups (broad SMARTS) is 1. The van der Waals surface area contributed by atoms with E-state index < -0.39 is 5.97 Å². The van der Waals surface area contributed by atoms with Crippen LogP contribution in [-0.2, 0) is 6.42 Å². The molecule has 1 N–H and O–H groups in total. The Hall–Kier alpha value is -3.02. The Morgan fingerprint density at radius 2 is 2.00 bits per heavy atom. The number of pyridine rings is 1. The minimum Gasteiger partial charge on any atom is -0.493 e. The van der Waals surface area contributed by atoms with Crippen LogP contribution in [0.4, 0.5) is 0 Å². The van der Waals surface area contributed by atoms with Crippen molar-refractivity contribution in [3.8, 4) is 11.5 Å². The van der Waals surface area contributed by atoms with Gasteiger partial charge in [0.25, 0.3) is 0 Å². The standard InChI is InChI=1S/C17H16N2O4/c1-22-14-6-5-11(9-15(14)23-2)8-12-10-19-7-3-4-13(17(20)21)16(19)18-12/h3-7,9-10H,8H2,1-2H3,(H,20,21). The Balaban J connectivity index is 1.96. The smallest absolute Gasteiger partial charge is 0.339 e. The van der Waals surface area contributed by atoms with Crippen molar-refractivity contribution in [1.82, 2.24) is 9.38 Å². The van der Waals surface area contributed by atoms with Gasteiger partial charge in [-0.25, -0.2) is 9.78 Å². The largest absolute Gasteiger partial charge is 0.493 e. The molecular formula is C17H16N2O4. The topological polar surface area (TPSA) is 73.1 Å². The van der Waals surface area contributed by atoms with Crippen LogP contribution in [0.2, 0.25) is 0 Å². The van der Waals surface area contributed by atoms with Crippen molar-refractivity contribution in [2.45, 2.75) is 6.42 Å². The Labute approximate surface area is 132 Å². The summed E-state index contributed by atoms with van der Waals surface area (Å²) < 4.78 is 12.2. The summed E-state index contributed by atoms with van der Waals surface area (Å²) in [5.74, 6) is 0.332. The number of fused-ring (bicyclic) bond motifs is 1. The summed E-state index contributed by atoms with van der Waals surface area (Å²) in [7, 11) is 3.18. The van der Waals surface area contributed by atoms with E-state index in [9.17, 15) is 9.90 Å². The highest BCUT2D eigenvalue weighted by molar-refractivity contribution is 5.94. The number of imidazole rings is 1. The molecule has 118 valence electrons. The van der Waals surface area contributed by atoms with Gasteiger partial charge in [0.2, 0.25) is 0 Å². The molecule has 23 heavy (non-hydrogen) atoms. The van der Waals surface area contributed by atoms with Crippen molar-refractivity contribution in [1.29, 1.82) is 0 Å². The third-order valence-electron chi connectivity index (χ3n) is 3.60. The summed E-state index contributed by atoms with van der Waals surface area (Å²) in [4.78, 5) is 15.7. The second-order valence-corrected chi connectivity index (χ2v) is 5.06. The highest BCUT2D eigenvalue weighted by Gasteiger charge is 2.12. The van der Waals surface area contributed by atoms with E-state index in [0.717, 1.165) is 11.3 Å². The molecule has 0 bridgehead atoms. The molecule has 0 aliphatic heterocycles. The lowest BCUT2D eigenvalue weighted by Crippen LogP contribution is -1.99. The second-order valence-electron chi connectivity index (χ2n) is 5.06. The fourth-order valence-electron chi connectivity index (χ4n) is 2.52. The Bertz CT molecular complexity index is 870. The van der Waals surface area contributed by atoms with Crippen molar-refractivity contribution in [3.05, 3.63) is 59.5 Å². The summed E-state index contributed by atoms with van der Waals surface area (Å²) in [5, 5.41) is 9.22. The zero-order valence-electron chi connectivity index (χ0n) is 12.8. The molecule has 0 saturated heterocycles. The van der Waals surface area contributed by atoms with Gasteiger partial charge in [-0.1, -0.05) is 6.07 Å². The van der Waals surface area contributed by atoms with E-state index in [1.54, 1.807) is 36.9 Å². The average Bonchev–Trinajstić information content (AvgIpc) is 2.96. The van der Waals surface area contributed by atoms with E-state index >= 15 is 0 Å². The normalized spacial score (nSPS) is 10.7. The predicted molar refractivity (Wildman–Crippen MR) is 84.5 cm³/mol. The number of benzene rings is 1. The number of aromatic nitrogens is 2. The zero-order chi connectivity index (χ0) is 16.4. The van der Waals surface area contributed by atoms with Crippen molar-refractivity contribution in [3.63, 3.8) is 0 Å². The quantitative estimate of drug-likeness (QED) is 0.784. The van der Waals surface area contributed by atoms with Gasteiger partial charge < -0.3 is 19.0 Å². The number of hydrogen-bond donors (Lipinski definition) is 1. The first kappa shape index (κ1) is 14.9. The first-order chi connectivity index (χ1) is 11.1. The average molecular weight is 312 g/mol. The number of carboxylic acids is 1. The summed E-state index contributed by atoms with van der Waals surface area (Å²) >= 11 is 0. The van der Waals surface area contributed by atoms with E-state index in [-0.39, 0.29) is 5.56 Å². The number of nitrogens with zero attached hydrogens (tertiary/aromatic N) is 2. The molecular weight excluding hydrogens is 296 g/mol. The van der Waals surface area contributed by atoms with E-state index in [1.807, 2.05) is 24.4 Å². The summed E-state index contributed by atoms with van der Waals surface area (Å²) in [5.41, 5.74) is 2.41. The van der Waals surface area contributed by atoms with Gasteiger partial charge in [-0.15, -0.1) is 0 Å². The van der Waals surface area contributed by atoms with Crippen molar-refractivity contribution < 1.29 is 19.4 Å². The van der Waals surface area contributed by atoms with Crippen LogP contribution >= 0.6 is 0 Å². The maximum Gasteiger partial charge on any atom is 0.339 e. The van der Waals surface area contributed by atoms with Crippen LogP contribution in [0.1, 0.15) is 21.6 Å². The summed E-state index contributed by atoms with van der Waals surface area (Å²) in [6, 6.07) is 8.90. The SMILES string of the molecule is COc1ccc(Cc2cn3cccc(C(=O)O)c3n2)cc1OC. The number of rotatable bonds is 5. The first-order valence-electron chi connectivity index (χ1n) is 7.03. The molecule has 0 aliphatic rings. The Morgan fingerprint density at radius 1 is 1.22 bits per heavy atom. The second kappa shape index (κ2) is 6.00. The van der Waals surface area contributed by atoms with Crippen LogP contribution in [0.3, 0.4) is 0 Å². The van der Waals surface area contributed by atoms with E-state index in [4.69, 9.17) is 9.47 Å². The molecule has 0 spiro atoms. The lowest BCUT2D eigenvalue weighted by molar-refractivity contribution is 0.0698. The van der Waals surface area contributed by atoms with Gasteiger partial charge in [-0.3, -0.25) is 0 Å². The van der Waals surface area contributed by atoms with Gasteiger partial charge in [-0.2, -0.15) is 0 Å². The Kier molecular flexibility index (Phi) is 3.89. The molecule has 3 rings (SSSR count). The lowest BCUT2D eigenvalue weighted by atomic mass is 10.1. The molecule has 2 heterocycles. The number of carbonyl (C=O) groups is 1. The van der Waals surface area contributed by atoms with Gasteiger partial charge in [0.15, 0.2) is 17.1 Å². The molecule has 6 heteroatoms. The maximum absolute atomic E-state index is 11.3. The molecule has 0 fully saturated rings. The van der Waals surface area contributed by atoms with Crippen LogP contribution < -0.4 is 9.47 Å². The molecule has 0 aliphatic carbocycles. The number of aromatic carboxylic acids is 1. The number of methoxy groups -OCH3 is 2. The van der Waals surface area contributed by atoms with Crippen molar-refractivity contribution in [2.75, 3.05) is 14.2 Å². The molecule has 0 saturated carbocycles. The van der Waals surface area contributed by atoms with Crippen LogP contribution in [0.25, 0.3) is 5.65 Å². The van der Waals surface area contributed by atoms with Gasteiger partial charge in [0, 0.05) is 18.8 Å². The lowest BCUT2D eigenvalue weighted by Gasteiger charge is -2.08. The van der Waals surface area contributed by atoms with Gasteiger partial charge in [-0.05, 0) is 29.8 Å². The highest BCUT2D eigenvalue weighted by Crippen LogP contribution is 2.28. The van der Waals surface area contributed by atoms with Crippen LogP contribution in [0, 0.1) is 0 Å². The van der Waals surface area contributed by atoms with Gasteiger partial charge in [0.05, 0.1) is 19.9 Å². The van der Waals surface area contributed by atoms with Crippen LogP contribution in [-0.4, -0.2) is 34.7 Å². The van der Waals surface area contributed by atoms with Crippen molar-refractivity contribution in [2.24, 2.45) is 0 Å². The maximum atomic E-state index is 11.3. The molecule has 0 amide bonds. The fourth-order valence-corrected chi connectivity index (χ4v) is 2.52. The predicted octanol–water partition coefficient (Wildman–Crippen LogP) is 2.64. The summed E-state index contributed by atoms with van der Waals surface area (Å²) in [6.45, 7) is 0. The third-order valence-corrected chi connectivity index (χ3v) is 3.60.